The highest BCUT2D eigenvalue weighted by Crippen LogP contribution is 2.12. The molecule has 0 saturated heterocycles. The molecule has 0 amide bonds. The number of nitrogens with zero attached hydrogens (tertiary/aromatic N) is 2. The van der Waals surface area contributed by atoms with Crippen LogP contribution >= 0.6 is 15.9 Å². The number of hydrogen-bond acceptors (Lipinski definition) is 3. The minimum Gasteiger partial charge on any atom is -0.370 e. The highest BCUT2D eigenvalue weighted by Gasteiger charge is 2.03. The van der Waals surface area contributed by atoms with Crippen molar-refractivity contribution in [1.82, 2.24) is 9.97 Å². The second kappa shape index (κ2) is 5.19. The van der Waals surface area contributed by atoms with Crippen LogP contribution in [-0.4, -0.2) is 22.9 Å². The van der Waals surface area contributed by atoms with E-state index >= 15 is 0 Å². The molecule has 0 aromatic carbocycles. The number of hydrogen-bond donors (Lipinski definition) is 1. The molecular weight excluding hydrogens is 256 g/mol. The molecule has 14 heavy (non-hydrogen) atoms. The fourth-order valence-electron chi connectivity index (χ4n) is 0.931. The van der Waals surface area contributed by atoms with Gasteiger partial charge >= 0.3 is 0 Å². The van der Waals surface area contributed by atoms with Crippen LogP contribution in [0.2, 0.25) is 0 Å². The first-order chi connectivity index (χ1) is 6.58. The first-order valence-electron chi connectivity index (χ1n) is 4.11. The van der Waals surface area contributed by atoms with Crippen LogP contribution in [0.15, 0.2) is 10.7 Å². The van der Waals surface area contributed by atoms with Gasteiger partial charge in [-0.1, -0.05) is 0 Å². The van der Waals surface area contributed by atoms with E-state index in [1.165, 1.54) is 0 Å². The Labute approximate surface area is 89.1 Å². The number of halogens is 3. The second-order valence-electron chi connectivity index (χ2n) is 2.73. The van der Waals surface area contributed by atoms with E-state index in [0.29, 0.717) is 16.2 Å². The van der Waals surface area contributed by atoms with Crippen LogP contribution < -0.4 is 5.32 Å². The van der Waals surface area contributed by atoms with Gasteiger partial charge in [0.25, 0.3) is 0 Å². The van der Waals surface area contributed by atoms with E-state index in [1.807, 2.05) is 0 Å². The van der Waals surface area contributed by atoms with Crippen molar-refractivity contribution < 1.29 is 8.78 Å². The van der Waals surface area contributed by atoms with Crippen LogP contribution in [-0.2, 0) is 0 Å². The number of rotatable bonds is 4. The Morgan fingerprint density at radius 2 is 2.21 bits per heavy atom. The zero-order valence-electron chi connectivity index (χ0n) is 7.60. The Balaban J connectivity index is 2.50. The molecule has 0 saturated carbocycles. The predicted molar refractivity (Wildman–Crippen MR) is 53.6 cm³/mol. The average Bonchev–Trinajstić information content (AvgIpc) is 2.01. The molecule has 0 fully saturated rings. The Kier molecular flexibility index (Phi) is 4.19. The normalized spacial score (nSPS) is 10.6. The third-order valence-corrected chi connectivity index (χ3v) is 1.88. The first-order valence-corrected chi connectivity index (χ1v) is 4.90. The van der Waals surface area contributed by atoms with Gasteiger partial charge in [-0.15, -0.1) is 0 Å². The van der Waals surface area contributed by atoms with Crippen LogP contribution in [0, 0.1) is 6.92 Å². The summed E-state index contributed by atoms with van der Waals surface area (Å²) in [5.74, 6) is 1.16. The van der Waals surface area contributed by atoms with Crippen molar-refractivity contribution in [3.05, 3.63) is 16.5 Å². The lowest BCUT2D eigenvalue weighted by molar-refractivity contribution is 0.142. The van der Waals surface area contributed by atoms with Crippen molar-refractivity contribution in [2.45, 2.75) is 19.8 Å². The topological polar surface area (TPSA) is 37.8 Å². The van der Waals surface area contributed by atoms with E-state index in [0.717, 1.165) is 0 Å². The van der Waals surface area contributed by atoms with E-state index in [9.17, 15) is 8.78 Å². The summed E-state index contributed by atoms with van der Waals surface area (Å²) in [4.78, 5) is 8.03. The summed E-state index contributed by atoms with van der Waals surface area (Å²) in [5.41, 5.74) is 0. The van der Waals surface area contributed by atoms with Crippen molar-refractivity contribution in [2.24, 2.45) is 0 Å². The van der Waals surface area contributed by atoms with Gasteiger partial charge in [-0.05, 0) is 22.9 Å². The van der Waals surface area contributed by atoms with Gasteiger partial charge in [0.15, 0.2) is 0 Å². The Hall–Kier alpha value is -0.780. The summed E-state index contributed by atoms with van der Waals surface area (Å²) in [7, 11) is 0. The van der Waals surface area contributed by atoms with Gasteiger partial charge in [0.05, 0.1) is 0 Å². The van der Waals surface area contributed by atoms with Crippen molar-refractivity contribution in [3.63, 3.8) is 0 Å². The minimum absolute atomic E-state index is 0.180. The molecule has 0 unspecified atom stereocenters. The minimum atomic E-state index is -2.28. The Morgan fingerprint density at radius 1 is 1.50 bits per heavy atom. The molecule has 78 valence electrons. The third kappa shape index (κ3) is 3.95. The molecule has 1 heterocycles. The molecule has 0 bridgehead atoms. The van der Waals surface area contributed by atoms with Crippen molar-refractivity contribution in [1.29, 1.82) is 0 Å². The zero-order chi connectivity index (χ0) is 10.6. The maximum atomic E-state index is 11.8. The Bertz CT molecular complexity index is 286. The van der Waals surface area contributed by atoms with Gasteiger partial charge in [0, 0.05) is 19.0 Å². The molecular formula is C8H10BrF2N3. The van der Waals surface area contributed by atoms with E-state index in [-0.39, 0.29) is 13.0 Å². The van der Waals surface area contributed by atoms with Gasteiger partial charge in [0.1, 0.15) is 16.2 Å². The number of alkyl halides is 2. The molecule has 0 spiro atoms. The van der Waals surface area contributed by atoms with Gasteiger partial charge < -0.3 is 5.32 Å². The molecule has 0 aliphatic carbocycles. The van der Waals surface area contributed by atoms with Crippen LogP contribution in [0.5, 0.6) is 0 Å². The summed E-state index contributed by atoms with van der Waals surface area (Å²) in [6.07, 6.45) is -2.46. The molecule has 1 aromatic rings. The lowest BCUT2D eigenvalue weighted by Crippen LogP contribution is -2.08. The predicted octanol–water partition coefficient (Wildman–Crippen LogP) is 2.61. The molecule has 1 rings (SSSR count). The highest BCUT2D eigenvalue weighted by molar-refractivity contribution is 9.10. The summed E-state index contributed by atoms with van der Waals surface area (Å²) in [5, 5.41) is 2.80. The number of aromatic nitrogens is 2. The lowest BCUT2D eigenvalue weighted by Gasteiger charge is -2.05. The highest BCUT2D eigenvalue weighted by atomic mass is 79.9. The number of nitrogens with one attached hydrogen (secondary N) is 1. The fraction of sp³-hybridized carbons (Fsp3) is 0.500. The quantitative estimate of drug-likeness (QED) is 0.851. The smallest absolute Gasteiger partial charge is 0.240 e. The van der Waals surface area contributed by atoms with E-state index in [2.05, 4.69) is 31.2 Å². The molecule has 0 radical (unpaired) electrons. The summed E-state index contributed by atoms with van der Waals surface area (Å²) < 4.78 is 24.3. The first kappa shape index (κ1) is 11.3. The van der Waals surface area contributed by atoms with Gasteiger partial charge in [-0.25, -0.2) is 18.7 Å². The van der Waals surface area contributed by atoms with Crippen LogP contribution in [0.25, 0.3) is 0 Å². The maximum Gasteiger partial charge on any atom is 0.240 e. The average molecular weight is 266 g/mol. The number of anilines is 1. The van der Waals surface area contributed by atoms with Gasteiger partial charge in [-0.3, -0.25) is 0 Å². The van der Waals surface area contributed by atoms with E-state index in [1.54, 1.807) is 13.0 Å². The largest absolute Gasteiger partial charge is 0.370 e. The van der Waals surface area contributed by atoms with Crippen LogP contribution in [0.3, 0.4) is 0 Å². The molecule has 0 aliphatic heterocycles. The van der Waals surface area contributed by atoms with Crippen LogP contribution in [0.4, 0.5) is 14.6 Å². The summed E-state index contributed by atoms with van der Waals surface area (Å²) >= 11 is 3.19. The monoisotopic (exact) mass is 265 g/mol. The fourth-order valence-corrected chi connectivity index (χ4v) is 1.40. The third-order valence-electron chi connectivity index (χ3n) is 1.48. The number of aryl methyl sites for hydroxylation is 1. The molecule has 6 heteroatoms. The molecule has 0 aliphatic rings. The molecule has 1 aromatic heterocycles. The zero-order valence-corrected chi connectivity index (χ0v) is 9.18. The van der Waals surface area contributed by atoms with E-state index in [4.69, 9.17) is 0 Å². The molecule has 0 atom stereocenters. The Morgan fingerprint density at radius 3 is 2.79 bits per heavy atom. The van der Waals surface area contributed by atoms with Crippen molar-refractivity contribution in [2.75, 3.05) is 11.9 Å². The maximum absolute atomic E-state index is 11.8. The molecule has 1 N–H and O–H groups in total. The standard InChI is InChI=1S/C8H10BrF2N3/c1-5-13-6(9)4-8(14-5)12-3-2-7(10)11/h4,7H,2-3H2,1H3,(H,12,13,14). The van der Waals surface area contributed by atoms with Crippen LogP contribution in [0.1, 0.15) is 12.2 Å². The summed E-state index contributed by atoms with van der Waals surface area (Å²) in [6, 6.07) is 1.65. The van der Waals surface area contributed by atoms with Crippen molar-refractivity contribution in [3.8, 4) is 0 Å². The second-order valence-corrected chi connectivity index (χ2v) is 3.54. The lowest BCUT2D eigenvalue weighted by atomic mass is 10.4. The molecule has 3 nitrogen and oxygen atoms in total. The van der Waals surface area contributed by atoms with Gasteiger partial charge in [0.2, 0.25) is 6.43 Å². The SMILES string of the molecule is Cc1nc(Br)cc(NCCC(F)F)n1. The van der Waals surface area contributed by atoms with E-state index < -0.39 is 6.43 Å². The summed E-state index contributed by atoms with van der Waals surface area (Å²) in [6.45, 7) is 1.95. The van der Waals surface area contributed by atoms with Crippen molar-refractivity contribution >= 4 is 21.7 Å². The van der Waals surface area contributed by atoms with Gasteiger partial charge in [-0.2, -0.15) is 0 Å².